The van der Waals surface area contributed by atoms with Gasteiger partial charge < -0.3 is 14.8 Å². The number of thiazole rings is 1. The molecule has 0 aliphatic heterocycles. The number of aliphatic hydroxyl groups is 1. The zero-order chi connectivity index (χ0) is 14.8. The van der Waals surface area contributed by atoms with Crippen LogP contribution in [0, 0.1) is 0 Å². The fraction of sp³-hybridized carbons (Fsp3) is 0.200. The number of rotatable bonds is 4. The van der Waals surface area contributed by atoms with Crippen molar-refractivity contribution in [1.82, 2.24) is 10.3 Å². The molecule has 0 fully saturated rings. The molecular formula is C15H14N2O3S. The third kappa shape index (κ3) is 2.81. The van der Waals surface area contributed by atoms with E-state index in [0.29, 0.717) is 5.76 Å². The maximum absolute atomic E-state index is 11.9. The van der Waals surface area contributed by atoms with E-state index in [1.54, 1.807) is 19.1 Å². The Kier molecular flexibility index (Phi) is 3.72. The van der Waals surface area contributed by atoms with Crippen LogP contribution in [0.15, 0.2) is 40.8 Å². The highest BCUT2D eigenvalue weighted by atomic mass is 32.1. The first-order valence-corrected chi connectivity index (χ1v) is 7.36. The number of amides is 1. The van der Waals surface area contributed by atoms with Crippen molar-refractivity contribution in [3.05, 3.63) is 42.2 Å². The van der Waals surface area contributed by atoms with Crippen molar-refractivity contribution in [2.24, 2.45) is 0 Å². The highest BCUT2D eigenvalue weighted by Gasteiger charge is 2.16. The van der Waals surface area contributed by atoms with E-state index in [2.05, 4.69) is 10.3 Å². The number of furan rings is 1. The van der Waals surface area contributed by atoms with E-state index in [-0.39, 0.29) is 24.3 Å². The summed E-state index contributed by atoms with van der Waals surface area (Å²) in [5.74, 6) is 0.437. The Bertz CT molecular complexity index is 745. The molecule has 0 aliphatic rings. The van der Waals surface area contributed by atoms with Gasteiger partial charge in [0.25, 0.3) is 5.91 Å². The van der Waals surface area contributed by atoms with Gasteiger partial charge in [0, 0.05) is 6.04 Å². The van der Waals surface area contributed by atoms with Crippen molar-refractivity contribution < 1.29 is 14.3 Å². The molecule has 2 N–H and O–H groups in total. The first kappa shape index (κ1) is 13.8. The van der Waals surface area contributed by atoms with Crippen LogP contribution in [0.5, 0.6) is 0 Å². The maximum Gasteiger partial charge on any atom is 0.287 e. The Hall–Kier alpha value is -2.18. The lowest BCUT2D eigenvalue weighted by Crippen LogP contribution is -2.34. The van der Waals surface area contributed by atoms with E-state index >= 15 is 0 Å². The van der Waals surface area contributed by atoms with Gasteiger partial charge in [-0.2, -0.15) is 0 Å². The van der Waals surface area contributed by atoms with Gasteiger partial charge in [0.15, 0.2) is 16.5 Å². The Balaban J connectivity index is 1.85. The fourth-order valence-corrected chi connectivity index (χ4v) is 2.82. The van der Waals surface area contributed by atoms with E-state index in [4.69, 9.17) is 9.52 Å². The molecule has 0 aliphatic carbocycles. The highest BCUT2D eigenvalue weighted by molar-refractivity contribution is 7.21. The molecule has 21 heavy (non-hydrogen) atoms. The number of carbonyl (C=O) groups is 1. The molecule has 0 radical (unpaired) electrons. The lowest BCUT2D eigenvalue weighted by Gasteiger charge is -2.08. The predicted octanol–water partition coefficient (Wildman–Crippen LogP) is 2.67. The quantitative estimate of drug-likeness (QED) is 0.777. The molecule has 5 nitrogen and oxygen atoms in total. The summed E-state index contributed by atoms with van der Waals surface area (Å²) in [6.45, 7) is 1.60. The molecule has 6 heteroatoms. The highest BCUT2D eigenvalue weighted by Crippen LogP contribution is 2.31. The Morgan fingerprint density at radius 2 is 2.19 bits per heavy atom. The van der Waals surface area contributed by atoms with Gasteiger partial charge in [0.1, 0.15) is 0 Å². The number of hydrogen-bond donors (Lipinski definition) is 2. The summed E-state index contributed by atoms with van der Waals surface area (Å²) in [6, 6.07) is 10.9. The molecule has 108 valence electrons. The third-order valence-corrected chi connectivity index (χ3v) is 4.04. The summed E-state index contributed by atoms with van der Waals surface area (Å²) in [5.41, 5.74) is 0.911. The van der Waals surface area contributed by atoms with Crippen LogP contribution in [0.25, 0.3) is 21.0 Å². The van der Waals surface area contributed by atoms with E-state index < -0.39 is 0 Å². The lowest BCUT2D eigenvalue weighted by molar-refractivity contribution is 0.0895. The van der Waals surface area contributed by atoms with E-state index in [9.17, 15) is 4.79 Å². The smallest absolute Gasteiger partial charge is 0.287 e. The first-order valence-electron chi connectivity index (χ1n) is 6.55. The zero-order valence-corrected chi connectivity index (χ0v) is 12.2. The number of fused-ring (bicyclic) bond motifs is 1. The SMILES string of the molecule is CC(CO)NC(=O)c1ccc(-c2nc3ccccc3s2)o1. The number of nitrogens with zero attached hydrogens (tertiary/aromatic N) is 1. The van der Waals surface area contributed by atoms with Crippen molar-refractivity contribution in [2.45, 2.75) is 13.0 Å². The Labute approximate surface area is 125 Å². The number of benzene rings is 1. The van der Waals surface area contributed by atoms with Crippen LogP contribution in [-0.4, -0.2) is 28.6 Å². The molecule has 3 aromatic rings. The van der Waals surface area contributed by atoms with Gasteiger partial charge in [-0.1, -0.05) is 12.1 Å². The lowest BCUT2D eigenvalue weighted by atomic mass is 10.3. The predicted molar refractivity (Wildman–Crippen MR) is 81.3 cm³/mol. The summed E-state index contributed by atoms with van der Waals surface area (Å²) in [6.07, 6.45) is 0. The molecule has 2 aromatic heterocycles. The third-order valence-electron chi connectivity index (χ3n) is 2.99. The number of para-hydroxylation sites is 1. The van der Waals surface area contributed by atoms with Gasteiger partial charge in [0.05, 0.1) is 16.8 Å². The molecule has 0 spiro atoms. The summed E-state index contributed by atoms with van der Waals surface area (Å²) < 4.78 is 6.63. The molecule has 0 saturated carbocycles. The van der Waals surface area contributed by atoms with Gasteiger partial charge in [-0.25, -0.2) is 4.98 Å². The fourth-order valence-electron chi connectivity index (χ4n) is 1.89. The van der Waals surface area contributed by atoms with Crippen LogP contribution in [0.3, 0.4) is 0 Å². The van der Waals surface area contributed by atoms with Gasteiger partial charge in [-0.3, -0.25) is 4.79 Å². The molecule has 3 rings (SSSR count). The van der Waals surface area contributed by atoms with Crippen molar-refractivity contribution >= 4 is 27.5 Å². The van der Waals surface area contributed by atoms with E-state index in [0.717, 1.165) is 15.2 Å². The normalized spacial score (nSPS) is 12.5. The first-order chi connectivity index (χ1) is 10.2. The number of carbonyl (C=O) groups excluding carboxylic acids is 1. The molecule has 1 unspecified atom stereocenters. The topological polar surface area (TPSA) is 75.4 Å². The second-order valence-corrected chi connectivity index (χ2v) is 5.74. The number of aromatic nitrogens is 1. The molecule has 1 atom stereocenters. The minimum absolute atomic E-state index is 0.114. The summed E-state index contributed by atoms with van der Waals surface area (Å²) in [7, 11) is 0. The molecule has 1 amide bonds. The van der Waals surface area contributed by atoms with Gasteiger partial charge in [-0.15, -0.1) is 11.3 Å². The summed E-state index contributed by atoms with van der Waals surface area (Å²) in [5, 5.41) is 12.3. The average molecular weight is 302 g/mol. The molecule has 1 aromatic carbocycles. The number of aliphatic hydroxyl groups excluding tert-OH is 1. The molecular weight excluding hydrogens is 288 g/mol. The van der Waals surface area contributed by atoms with Gasteiger partial charge in [0.2, 0.25) is 0 Å². The van der Waals surface area contributed by atoms with Crippen molar-refractivity contribution in [3.8, 4) is 10.8 Å². The Morgan fingerprint density at radius 3 is 2.95 bits per heavy atom. The van der Waals surface area contributed by atoms with Gasteiger partial charge >= 0.3 is 0 Å². The monoisotopic (exact) mass is 302 g/mol. The van der Waals surface area contributed by atoms with Crippen LogP contribution in [0.4, 0.5) is 0 Å². The standard InChI is InChI=1S/C15H14N2O3S/c1-9(8-18)16-14(19)11-6-7-12(20-11)15-17-10-4-2-3-5-13(10)21-15/h2-7,9,18H,8H2,1H3,(H,16,19). The summed E-state index contributed by atoms with van der Waals surface area (Å²) >= 11 is 1.52. The van der Waals surface area contributed by atoms with Crippen LogP contribution in [0.1, 0.15) is 17.5 Å². The van der Waals surface area contributed by atoms with Crippen LogP contribution in [-0.2, 0) is 0 Å². The van der Waals surface area contributed by atoms with Crippen molar-refractivity contribution in [3.63, 3.8) is 0 Å². The second-order valence-electron chi connectivity index (χ2n) is 4.71. The minimum atomic E-state index is -0.344. The second kappa shape index (κ2) is 5.67. The maximum atomic E-state index is 11.9. The zero-order valence-electron chi connectivity index (χ0n) is 11.4. The van der Waals surface area contributed by atoms with Crippen molar-refractivity contribution in [1.29, 1.82) is 0 Å². The number of hydrogen-bond acceptors (Lipinski definition) is 5. The van der Waals surface area contributed by atoms with Crippen LogP contribution < -0.4 is 5.32 Å². The number of nitrogens with one attached hydrogen (secondary N) is 1. The van der Waals surface area contributed by atoms with E-state index in [1.165, 1.54) is 11.3 Å². The Morgan fingerprint density at radius 1 is 1.38 bits per heavy atom. The van der Waals surface area contributed by atoms with Gasteiger partial charge in [-0.05, 0) is 31.2 Å². The largest absolute Gasteiger partial charge is 0.448 e. The molecule has 2 heterocycles. The summed E-state index contributed by atoms with van der Waals surface area (Å²) in [4.78, 5) is 16.4. The molecule has 0 saturated heterocycles. The minimum Gasteiger partial charge on any atom is -0.448 e. The average Bonchev–Trinajstić information content (AvgIpc) is 3.13. The van der Waals surface area contributed by atoms with Crippen molar-refractivity contribution in [2.75, 3.05) is 6.61 Å². The molecule has 0 bridgehead atoms. The van der Waals surface area contributed by atoms with E-state index in [1.807, 2.05) is 24.3 Å². The van der Waals surface area contributed by atoms with Crippen LogP contribution >= 0.6 is 11.3 Å². The van der Waals surface area contributed by atoms with Crippen LogP contribution in [0.2, 0.25) is 0 Å².